The van der Waals surface area contributed by atoms with Crippen LogP contribution >= 0.6 is 11.6 Å². The molecule has 0 heterocycles. The van der Waals surface area contributed by atoms with Crippen molar-refractivity contribution in [1.82, 2.24) is 0 Å². The standard InChI is InChI=1S/C11H15ClN2/c12-10-6-7(13)4-5-8(10)9-2-1-3-11(9)14/h4-6,9,11H,1-3,13-14H2. The van der Waals surface area contributed by atoms with Crippen molar-refractivity contribution in [2.45, 2.75) is 31.2 Å². The van der Waals surface area contributed by atoms with E-state index in [-0.39, 0.29) is 6.04 Å². The first-order valence-corrected chi connectivity index (χ1v) is 5.37. The third kappa shape index (κ3) is 1.72. The van der Waals surface area contributed by atoms with Crippen LogP contribution in [-0.4, -0.2) is 6.04 Å². The van der Waals surface area contributed by atoms with Gasteiger partial charge in [0.2, 0.25) is 0 Å². The number of nitrogens with two attached hydrogens (primary N) is 2. The van der Waals surface area contributed by atoms with Gasteiger partial charge in [-0.25, -0.2) is 0 Å². The molecule has 0 spiro atoms. The zero-order valence-electron chi connectivity index (χ0n) is 8.04. The average molecular weight is 211 g/mol. The van der Waals surface area contributed by atoms with E-state index < -0.39 is 0 Å². The van der Waals surface area contributed by atoms with Crippen molar-refractivity contribution in [3.8, 4) is 0 Å². The summed E-state index contributed by atoms with van der Waals surface area (Å²) in [5.74, 6) is 0.420. The van der Waals surface area contributed by atoms with Crippen molar-refractivity contribution in [2.75, 3.05) is 5.73 Å². The number of nitrogen functional groups attached to an aromatic ring is 1. The average Bonchev–Trinajstić information content (AvgIpc) is 2.52. The van der Waals surface area contributed by atoms with Gasteiger partial charge in [0.1, 0.15) is 0 Å². The van der Waals surface area contributed by atoms with Gasteiger partial charge in [-0.1, -0.05) is 24.1 Å². The first-order chi connectivity index (χ1) is 6.68. The smallest absolute Gasteiger partial charge is 0.0461 e. The molecule has 76 valence electrons. The molecular weight excluding hydrogens is 196 g/mol. The Morgan fingerprint density at radius 2 is 2.07 bits per heavy atom. The van der Waals surface area contributed by atoms with E-state index in [4.69, 9.17) is 23.1 Å². The summed E-state index contributed by atoms with van der Waals surface area (Å²) >= 11 is 6.14. The third-order valence-corrected chi connectivity index (χ3v) is 3.32. The summed E-state index contributed by atoms with van der Waals surface area (Å²) in [6.07, 6.45) is 3.45. The SMILES string of the molecule is Nc1ccc(C2CCCC2N)c(Cl)c1. The van der Waals surface area contributed by atoms with Crippen LogP contribution in [0.5, 0.6) is 0 Å². The first kappa shape index (κ1) is 9.81. The predicted octanol–water partition coefficient (Wildman–Crippen LogP) is 2.52. The number of rotatable bonds is 1. The van der Waals surface area contributed by atoms with E-state index in [1.807, 2.05) is 18.2 Å². The summed E-state index contributed by atoms with van der Waals surface area (Å²) in [5, 5.41) is 0.757. The molecule has 1 aromatic carbocycles. The van der Waals surface area contributed by atoms with Crippen LogP contribution < -0.4 is 11.5 Å². The minimum atomic E-state index is 0.260. The molecule has 1 aromatic rings. The fraction of sp³-hybridized carbons (Fsp3) is 0.455. The molecule has 0 radical (unpaired) electrons. The Bertz CT molecular complexity index is 338. The second-order valence-electron chi connectivity index (χ2n) is 3.98. The Kier molecular flexibility index (Phi) is 2.66. The summed E-state index contributed by atoms with van der Waals surface area (Å²) in [4.78, 5) is 0. The second-order valence-corrected chi connectivity index (χ2v) is 4.39. The van der Waals surface area contributed by atoms with E-state index in [0.717, 1.165) is 23.4 Å². The molecule has 1 aliphatic carbocycles. The summed E-state index contributed by atoms with van der Waals surface area (Å²) in [6.45, 7) is 0. The molecule has 0 saturated heterocycles. The molecule has 14 heavy (non-hydrogen) atoms. The first-order valence-electron chi connectivity index (χ1n) is 4.99. The number of benzene rings is 1. The van der Waals surface area contributed by atoms with Gasteiger partial charge in [0.15, 0.2) is 0 Å². The Labute approximate surface area is 89.2 Å². The van der Waals surface area contributed by atoms with Gasteiger partial charge in [0, 0.05) is 22.7 Å². The zero-order valence-corrected chi connectivity index (χ0v) is 8.80. The molecule has 2 unspecified atom stereocenters. The molecule has 0 aliphatic heterocycles. The van der Waals surface area contributed by atoms with Crippen LogP contribution in [0.1, 0.15) is 30.7 Å². The molecule has 3 heteroatoms. The summed E-state index contributed by atoms with van der Waals surface area (Å²) < 4.78 is 0. The quantitative estimate of drug-likeness (QED) is 0.700. The van der Waals surface area contributed by atoms with Crippen molar-refractivity contribution in [1.29, 1.82) is 0 Å². The van der Waals surface area contributed by atoms with E-state index in [1.54, 1.807) is 0 Å². The lowest BCUT2D eigenvalue weighted by Crippen LogP contribution is -2.22. The van der Waals surface area contributed by atoms with E-state index in [2.05, 4.69) is 0 Å². The third-order valence-electron chi connectivity index (χ3n) is 2.99. The van der Waals surface area contributed by atoms with Gasteiger partial charge in [-0.15, -0.1) is 0 Å². The summed E-state index contributed by atoms with van der Waals surface area (Å²) in [5.41, 5.74) is 13.5. The number of halogens is 1. The van der Waals surface area contributed by atoms with Crippen LogP contribution in [0.15, 0.2) is 18.2 Å². The Balaban J connectivity index is 2.31. The van der Waals surface area contributed by atoms with Crippen LogP contribution in [0, 0.1) is 0 Å². The molecular formula is C11H15ClN2. The largest absolute Gasteiger partial charge is 0.399 e. The Hall–Kier alpha value is -0.730. The highest BCUT2D eigenvalue weighted by Crippen LogP contribution is 2.37. The fourth-order valence-electron chi connectivity index (χ4n) is 2.22. The molecule has 1 fully saturated rings. The Morgan fingerprint density at radius 3 is 2.64 bits per heavy atom. The van der Waals surface area contributed by atoms with Gasteiger partial charge in [-0.05, 0) is 30.5 Å². The number of hydrogen-bond donors (Lipinski definition) is 2. The molecule has 1 saturated carbocycles. The maximum atomic E-state index is 6.14. The maximum Gasteiger partial charge on any atom is 0.0461 e. The number of anilines is 1. The van der Waals surface area contributed by atoms with E-state index >= 15 is 0 Å². The zero-order chi connectivity index (χ0) is 10.1. The van der Waals surface area contributed by atoms with Crippen LogP contribution in [0.4, 0.5) is 5.69 Å². The van der Waals surface area contributed by atoms with Crippen molar-refractivity contribution in [2.24, 2.45) is 5.73 Å². The van der Waals surface area contributed by atoms with E-state index in [1.165, 1.54) is 6.42 Å². The topological polar surface area (TPSA) is 52.0 Å². The maximum absolute atomic E-state index is 6.14. The predicted molar refractivity (Wildman–Crippen MR) is 60.4 cm³/mol. The van der Waals surface area contributed by atoms with Gasteiger partial charge in [-0.2, -0.15) is 0 Å². The van der Waals surface area contributed by atoms with Gasteiger partial charge < -0.3 is 11.5 Å². The Morgan fingerprint density at radius 1 is 1.29 bits per heavy atom. The fourth-order valence-corrected chi connectivity index (χ4v) is 2.55. The highest BCUT2D eigenvalue weighted by Gasteiger charge is 2.26. The minimum Gasteiger partial charge on any atom is -0.399 e. The molecule has 0 bridgehead atoms. The normalized spacial score (nSPS) is 26.7. The van der Waals surface area contributed by atoms with Crippen LogP contribution in [0.3, 0.4) is 0 Å². The second kappa shape index (κ2) is 3.79. The van der Waals surface area contributed by atoms with E-state index in [9.17, 15) is 0 Å². The molecule has 2 atom stereocenters. The molecule has 0 aromatic heterocycles. The lowest BCUT2D eigenvalue weighted by atomic mass is 9.94. The molecule has 0 amide bonds. The van der Waals surface area contributed by atoms with Crippen molar-refractivity contribution < 1.29 is 0 Å². The molecule has 1 aliphatic rings. The molecule has 2 nitrogen and oxygen atoms in total. The highest BCUT2D eigenvalue weighted by atomic mass is 35.5. The van der Waals surface area contributed by atoms with E-state index in [0.29, 0.717) is 11.6 Å². The molecule has 2 rings (SSSR count). The minimum absolute atomic E-state index is 0.260. The van der Waals surface area contributed by atoms with Crippen LogP contribution in [0.25, 0.3) is 0 Å². The van der Waals surface area contributed by atoms with Crippen LogP contribution in [0.2, 0.25) is 5.02 Å². The lowest BCUT2D eigenvalue weighted by Gasteiger charge is -2.17. The summed E-state index contributed by atoms with van der Waals surface area (Å²) in [7, 11) is 0. The molecule has 4 N–H and O–H groups in total. The highest BCUT2D eigenvalue weighted by molar-refractivity contribution is 6.31. The summed E-state index contributed by atoms with van der Waals surface area (Å²) in [6, 6.07) is 5.97. The van der Waals surface area contributed by atoms with Crippen molar-refractivity contribution in [3.05, 3.63) is 28.8 Å². The van der Waals surface area contributed by atoms with Gasteiger partial charge >= 0.3 is 0 Å². The van der Waals surface area contributed by atoms with Gasteiger partial charge in [0.25, 0.3) is 0 Å². The number of hydrogen-bond acceptors (Lipinski definition) is 2. The van der Waals surface area contributed by atoms with Crippen molar-refractivity contribution >= 4 is 17.3 Å². The monoisotopic (exact) mass is 210 g/mol. The van der Waals surface area contributed by atoms with Crippen LogP contribution in [-0.2, 0) is 0 Å². The lowest BCUT2D eigenvalue weighted by molar-refractivity contribution is 0.613. The van der Waals surface area contributed by atoms with Crippen molar-refractivity contribution in [3.63, 3.8) is 0 Å². The van der Waals surface area contributed by atoms with Gasteiger partial charge in [-0.3, -0.25) is 0 Å². The van der Waals surface area contributed by atoms with Gasteiger partial charge in [0.05, 0.1) is 0 Å².